The van der Waals surface area contributed by atoms with Crippen molar-refractivity contribution >= 4 is 40.7 Å². The van der Waals surface area contributed by atoms with Crippen LogP contribution in [0, 0.1) is 5.92 Å². The molecule has 1 atom stereocenters. The largest absolute Gasteiger partial charge is 0.352 e. The van der Waals surface area contributed by atoms with Crippen LogP contribution in [0.1, 0.15) is 12.0 Å². The van der Waals surface area contributed by atoms with Gasteiger partial charge in [-0.15, -0.1) is 0 Å². The maximum absolute atomic E-state index is 12.3. The summed E-state index contributed by atoms with van der Waals surface area (Å²) in [6.07, 6.45) is 0.202. The molecule has 24 heavy (non-hydrogen) atoms. The Morgan fingerprint density at radius 1 is 1.12 bits per heavy atom. The Hall–Kier alpha value is -2.04. The molecule has 0 aliphatic carbocycles. The highest BCUT2D eigenvalue weighted by atomic mass is 35.5. The second kappa shape index (κ2) is 7.24. The molecular weight excluding hydrogens is 347 g/mol. The maximum Gasteiger partial charge on any atom is 0.227 e. The van der Waals surface area contributed by atoms with Gasteiger partial charge in [0.05, 0.1) is 5.92 Å². The minimum atomic E-state index is -0.365. The van der Waals surface area contributed by atoms with Crippen LogP contribution in [0.5, 0.6) is 0 Å². The van der Waals surface area contributed by atoms with E-state index in [1.165, 1.54) is 0 Å². The summed E-state index contributed by atoms with van der Waals surface area (Å²) >= 11 is 11.9. The lowest BCUT2D eigenvalue weighted by molar-refractivity contribution is -0.126. The third-order valence-electron chi connectivity index (χ3n) is 3.97. The third-order valence-corrected chi connectivity index (χ3v) is 4.44. The highest BCUT2D eigenvalue weighted by Gasteiger charge is 2.35. The first-order chi connectivity index (χ1) is 11.5. The molecule has 3 rings (SSSR count). The highest BCUT2D eigenvalue weighted by Crippen LogP contribution is 2.27. The summed E-state index contributed by atoms with van der Waals surface area (Å²) in [4.78, 5) is 26.2. The quantitative estimate of drug-likeness (QED) is 0.901. The van der Waals surface area contributed by atoms with Crippen molar-refractivity contribution in [3.8, 4) is 0 Å². The molecule has 2 aromatic rings. The van der Waals surface area contributed by atoms with Crippen LogP contribution in [0.15, 0.2) is 48.5 Å². The molecule has 0 aromatic heterocycles. The number of nitrogens with zero attached hydrogens (tertiary/aromatic N) is 1. The summed E-state index contributed by atoms with van der Waals surface area (Å²) in [5, 5.41) is 4.06. The van der Waals surface area contributed by atoms with Gasteiger partial charge in [-0.1, -0.05) is 41.4 Å². The number of rotatable bonds is 4. The lowest BCUT2D eigenvalue weighted by atomic mass is 10.1. The number of hydrogen-bond donors (Lipinski definition) is 1. The zero-order valence-electron chi connectivity index (χ0n) is 12.8. The van der Waals surface area contributed by atoms with E-state index in [-0.39, 0.29) is 24.2 Å². The van der Waals surface area contributed by atoms with E-state index in [0.29, 0.717) is 23.1 Å². The molecule has 2 aromatic carbocycles. The Morgan fingerprint density at radius 3 is 2.54 bits per heavy atom. The number of hydrogen-bond acceptors (Lipinski definition) is 2. The highest BCUT2D eigenvalue weighted by molar-refractivity contribution is 6.31. The predicted octanol–water partition coefficient (Wildman–Crippen LogP) is 3.66. The van der Waals surface area contributed by atoms with Gasteiger partial charge >= 0.3 is 0 Å². The number of carbonyl (C=O) groups is 2. The van der Waals surface area contributed by atoms with Gasteiger partial charge in [0.25, 0.3) is 0 Å². The van der Waals surface area contributed by atoms with Crippen LogP contribution < -0.4 is 10.2 Å². The van der Waals surface area contributed by atoms with Crippen molar-refractivity contribution in [2.75, 3.05) is 11.4 Å². The monoisotopic (exact) mass is 362 g/mol. The van der Waals surface area contributed by atoms with Crippen molar-refractivity contribution in [3.63, 3.8) is 0 Å². The van der Waals surface area contributed by atoms with Gasteiger partial charge in [-0.25, -0.2) is 0 Å². The van der Waals surface area contributed by atoms with Crippen molar-refractivity contribution < 1.29 is 9.59 Å². The Morgan fingerprint density at radius 2 is 1.83 bits per heavy atom. The smallest absolute Gasteiger partial charge is 0.227 e. The van der Waals surface area contributed by atoms with E-state index in [2.05, 4.69) is 5.32 Å². The number of nitrogens with one attached hydrogen (secondary N) is 1. The van der Waals surface area contributed by atoms with Crippen molar-refractivity contribution in [1.82, 2.24) is 5.32 Å². The summed E-state index contributed by atoms with van der Waals surface area (Å²) in [5.74, 6) is -0.566. The molecule has 1 aliphatic heterocycles. The first-order valence-electron chi connectivity index (χ1n) is 7.61. The molecular formula is C18H16Cl2N2O2. The number of halogens is 2. The van der Waals surface area contributed by atoms with Crippen LogP contribution in [0.3, 0.4) is 0 Å². The minimum absolute atomic E-state index is 0.0693. The summed E-state index contributed by atoms with van der Waals surface area (Å²) in [5.41, 5.74) is 1.64. The second-order valence-electron chi connectivity index (χ2n) is 5.73. The van der Waals surface area contributed by atoms with Crippen LogP contribution in [-0.4, -0.2) is 18.4 Å². The minimum Gasteiger partial charge on any atom is -0.352 e. The van der Waals surface area contributed by atoms with Gasteiger partial charge in [0.15, 0.2) is 0 Å². The molecule has 6 heteroatoms. The second-order valence-corrected chi connectivity index (χ2v) is 6.61. The molecule has 4 nitrogen and oxygen atoms in total. The molecule has 124 valence electrons. The van der Waals surface area contributed by atoms with Gasteiger partial charge in [0.2, 0.25) is 11.8 Å². The van der Waals surface area contributed by atoms with Gasteiger partial charge < -0.3 is 10.2 Å². The summed E-state index contributed by atoms with van der Waals surface area (Å²) in [6, 6.07) is 14.4. The predicted molar refractivity (Wildman–Crippen MR) is 95.2 cm³/mol. The summed E-state index contributed by atoms with van der Waals surface area (Å²) < 4.78 is 0. The Labute approximate surface area is 150 Å². The van der Waals surface area contributed by atoms with Crippen molar-refractivity contribution in [3.05, 3.63) is 64.1 Å². The zero-order chi connectivity index (χ0) is 17.1. The van der Waals surface area contributed by atoms with Gasteiger partial charge in [-0.3, -0.25) is 9.59 Å². The SMILES string of the molecule is O=C(NCc1cccc(Cl)c1)[C@@H]1CC(=O)N(c2cccc(Cl)c2)C1. The van der Waals surface area contributed by atoms with Gasteiger partial charge in [-0.2, -0.15) is 0 Å². The van der Waals surface area contributed by atoms with Gasteiger partial charge in [-0.05, 0) is 35.9 Å². The fraction of sp³-hybridized carbons (Fsp3) is 0.222. The average molecular weight is 363 g/mol. The van der Waals surface area contributed by atoms with Crippen LogP contribution in [-0.2, 0) is 16.1 Å². The Kier molecular flexibility index (Phi) is 5.07. The number of amides is 2. The molecule has 0 radical (unpaired) electrons. The van der Waals surface area contributed by atoms with E-state index in [4.69, 9.17) is 23.2 Å². The van der Waals surface area contributed by atoms with E-state index in [1.807, 2.05) is 18.2 Å². The Bertz CT molecular complexity index is 779. The van der Waals surface area contributed by atoms with E-state index in [1.54, 1.807) is 35.2 Å². The topological polar surface area (TPSA) is 49.4 Å². The molecule has 0 bridgehead atoms. The van der Waals surface area contributed by atoms with E-state index >= 15 is 0 Å². The molecule has 0 saturated carbocycles. The van der Waals surface area contributed by atoms with Gasteiger partial charge in [0, 0.05) is 35.2 Å². The van der Waals surface area contributed by atoms with Crippen LogP contribution in [0.25, 0.3) is 0 Å². The van der Waals surface area contributed by atoms with Crippen LogP contribution >= 0.6 is 23.2 Å². The van der Waals surface area contributed by atoms with Gasteiger partial charge in [0.1, 0.15) is 0 Å². The first kappa shape index (κ1) is 16.8. The number of benzene rings is 2. The standard InChI is InChI=1S/C18H16Cl2N2O2/c19-14-4-1-3-12(7-14)10-21-18(24)13-8-17(23)22(11-13)16-6-2-5-15(20)9-16/h1-7,9,13H,8,10-11H2,(H,21,24)/t13-/m1/s1. The van der Waals surface area contributed by atoms with E-state index in [0.717, 1.165) is 11.3 Å². The molecule has 1 saturated heterocycles. The third kappa shape index (κ3) is 3.89. The van der Waals surface area contributed by atoms with Crippen LogP contribution in [0.4, 0.5) is 5.69 Å². The number of anilines is 1. The maximum atomic E-state index is 12.3. The summed E-state index contributed by atoms with van der Waals surface area (Å²) in [6.45, 7) is 0.752. The van der Waals surface area contributed by atoms with Crippen LogP contribution in [0.2, 0.25) is 10.0 Å². The molecule has 1 fully saturated rings. The van der Waals surface area contributed by atoms with E-state index < -0.39 is 0 Å². The molecule has 1 aliphatic rings. The van der Waals surface area contributed by atoms with Crippen molar-refractivity contribution in [2.45, 2.75) is 13.0 Å². The molecule has 1 heterocycles. The Balaban J connectivity index is 1.61. The fourth-order valence-electron chi connectivity index (χ4n) is 2.76. The lowest BCUT2D eigenvalue weighted by Gasteiger charge is -2.17. The molecule has 2 amide bonds. The fourth-order valence-corrected chi connectivity index (χ4v) is 3.15. The zero-order valence-corrected chi connectivity index (χ0v) is 14.3. The molecule has 1 N–H and O–H groups in total. The molecule has 0 unspecified atom stereocenters. The van der Waals surface area contributed by atoms with Crippen molar-refractivity contribution in [1.29, 1.82) is 0 Å². The summed E-state index contributed by atoms with van der Waals surface area (Å²) in [7, 11) is 0. The number of carbonyl (C=O) groups excluding carboxylic acids is 2. The van der Waals surface area contributed by atoms with Crippen molar-refractivity contribution in [2.24, 2.45) is 5.92 Å². The lowest BCUT2D eigenvalue weighted by Crippen LogP contribution is -2.32. The average Bonchev–Trinajstić information content (AvgIpc) is 2.95. The normalized spacial score (nSPS) is 17.2. The first-order valence-corrected chi connectivity index (χ1v) is 8.36. The molecule has 0 spiro atoms. The van der Waals surface area contributed by atoms with E-state index in [9.17, 15) is 9.59 Å².